The Kier molecular flexibility index (Phi) is 4.21. The maximum atomic E-state index is 5.89. The van der Waals surface area contributed by atoms with Gasteiger partial charge in [-0.15, -0.1) is 0 Å². The Morgan fingerprint density at radius 1 is 1.24 bits per heavy atom. The third kappa shape index (κ3) is 3.09. The van der Waals surface area contributed by atoms with Crippen LogP contribution in [0.3, 0.4) is 0 Å². The largest absolute Gasteiger partial charge is 0.313 e. The summed E-state index contributed by atoms with van der Waals surface area (Å²) in [6.45, 7) is 2.16. The van der Waals surface area contributed by atoms with Gasteiger partial charge in [-0.1, -0.05) is 23.7 Å². The van der Waals surface area contributed by atoms with Crippen LogP contribution in [0.25, 0.3) is 0 Å². The van der Waals surface area contributed by atoms with Gasteiger partial charge in [0.05, 0.1) is 0 Å². The van der Waals surface area contributed by atoms with Crippen LogP contribution in [-0.2, 0) is 6.42 Å². The maximum absolute atomic E-state index is 5.89. The van der Waals surface area contributed by atoms with Crippen LogP contribution < -0.4 is 5.32 Å². The number of hydrogen-bond donors (Lipinski definition) is 1. The fraction of sp³-hybridized carbons (Fsp3) is 0.286. The van der Waals surface area contributed by atoms with Gasteiger partial charge in [-0.25, -0.2) is 0 Å². The molecule has 90 valence electrons. The third-order valence-corrected chi connectivity index (χ3v) is 4.10. The van der Waals surface area contributed by atoms with Crippen molar-refractivity contribution in [2.75, 3.05) is 7.05 Å². The molecular weight excluding hydrogens is 250 g/mol. The van der Waals surface area contributed by atoms with Gasteiger partial charge in [-0.05, 0) is 60.0 Å². The first-order valence-corrected chi connectivity index (χ1v) is 6.97. The predicted molar refractivity (Wildman–Crippen MR) is 76.0 cm³/mol. The van der Waals surface area contributed by atoms with E-state index in [4.69, 9.17) is 11.6 Å². The highest BCUT2D eigenvalue weighted by atomic mass is 35.5. The van der Waals surface area contributed by atoms with E-state index in [-0.39, 0.29) is 0 Å². The van der Waals surface area contributed by atoms with Crippen LogP contribution in [0.15, 0.2) is 35.0 Å². The van der Waals surface area contributed by atoms with E-state index >= 15 is 0 Å². The Labute approximate surface area is 111 Å². The highest BCUT2D eigenvalue weighted by Crippen LogP contribution is 2.25. The van der Waals surface area contributed by atoms with E-state index < -0.39 is 0 Å². The van der Waals surface area contributed by atoms with E-state index in [1.807, 2.05) is 19.2 Å². The molecule has 0 spiro atoms. The first kappa shape index (κ1) is 12.6. The Morgan fingerprint density at radius 3 is 2.47 bits per heavy atom. The Balaban J connectivity index is 2.16. The molecule has 0 fully saturated rings. The van der Waals surface area contributed by atoms with Crippen molar-refractivity contribution in [2.24, 2.45) is 0 Å². The van der Waals surface area contributed by atoms with E-state index in [0.29, 0.717) is 6.04 Å². The van der Waals surface area contributed by atoms with Gasteiger partial charge in [0.2, 0.25) is 0 Å². The molecule has 0 aliphatic heterocycles. The third-order valence-electron chi connectivity index (χ3n) is 2.97. The number of thiophene rings is 1. The summed E-state index contributed by atoms with van der Waals surface area (Å²) in [4.78, 5) is 0. The van der Waals surface area contributed by atoms with Crippen LogP contribution in [0.5, 0.6) is 0 Å². The van der Waals surface area contributed by atoms with Gasteiger partial charge < -0.3 is 5.32 Å². The molecule has 2 aromatic rings. The molecule has 1 aromatic heterocycles. The van der Waals surface area contributed by atoms with Crippen molar-refractivity contribution in [1.29, 1.82) is 0 Å². The fourth-order valence-corrected chi connectivity index (χ4v) is 2.98. The molecule has 0 aliphatic rings. The van der Waals surface area contributed by atoms with E-state index in [2.05, 4.69) is 35.1 Å². The van der Waals surface area contributed by atoms with Crippen LogP contribution in [0.1, 0.15) is 22.7 Å². The summed E-state index contributed by atoms with van der Waals surface area (Å²) in [5, 5.41) is 8.60. The topological polar surface area (TPSA) is 12.0 Å². The van der Waals surface area contributed by atoms with Gasteiger partial charge in [-0.3, -0.25) is 0 Å². The minimum atomic E-state index is 0.377. The SMILES string of the molecule is CNC(Cc1ccc(Cl)cc1)c1cscc1C. The van der Waals surface area contributed by atoms with Crippen molar-refractivity contribution in [3.05, 3.63) is 56.7 Å². The number of benzene rings is 1. The highest BCUT2D eigenvalue weighted by Gasteiger charge is 2.13. The minimum Gasteiger partial charge on any atom is -0.313 e. The molecule has 1 nitrogen and oxygen atoms in total. The zero-order valence-electron chi connectivity index (χ0n) is 10.0. The van der Waals surface area contributed by atoms with E-state index in [1.165, 1.54) is 16.7 Å². The van der Waals surface area contributed by atoms with Crippen LogP contribution >= 0.6 is 22.9 Å². The maximum Gasteiger partial charge on any atom is 0.0406 e. The highest BCUT2D eigenvalue weighted by molar-refractivity contribution is 7.08. The van der Waals surface area contributed by atoms with Crippen LogP contribution in [0, 0.1) is 6.92 Å². The van der Waals surface area contributed by atoms with Gasteiger partial charge in [0.1, 0.15) is 0 Å². The van der Waals surface area contributed by atoms with Crippen molar-refractivity contribution >= 4 is 22.9 Å². The second kappa shape index (κ2) is 5.67. The zero-order chi connectivity index (χ0) is 12.3. The molecule has 1 unspecified atom stereocenters. The molecule has 0 aliphatic carbocycles. The van der Waals surface area contributed by atoms with Crippen molar-refractivity contribution in [3.63, 3.8) is 0 Å². The van der Waals surface area contributed by atoms with Crippen molar-refractivity contribution < 1.29 is 0 Å². The van der Waals surface area contributed by atoms with Crippen molar-refractivity contribution in [3.8, 4) is 0 Å². The number of nitrogens with one attached hydrogen (secondary N) is 1. The molecule has 0 saturated heterocycles. The summed E-state index contributed by atoms with van der Waals surface area (Å²) >= 11 is 7.65. The summed E-state index contributed by atoms with van der Waals surface area (Å²) in [6.07, 6.45) is 0.991. The van der Waals surface area contributed by atoms with Crippen LogP contribution in [0.2, 0.25) is 5.02 Å². The number of likely N-dealkylation sites (N-methyl/N-ethyl adjacent to an activating group) is 1. The molecule has 1 atom stereocenters. The van der Waals surface area contributed by atoms with Crippen molar-refractivity contribution in [1.82, 2.24) is 5.32 Å². The first-order chi connectivity index (χ1) is 8.20. The summed E-state index contributed by atoms with van der Waals surface area (Å²) in [5.41, 5.74) is 4.06. The smallest absolute Gasteiger partial charge is 0.0406 e. The molecule has 0 radical (unpaired) electrons. The first-order valence-electron chi connectivity index (χ1n) is 5.65. The number of hydrogen-bond acceptors (Lipinski definition) is 2. The van der Waals surface area contributed by atoms with E-state index in [9.17, 15) is 0 Å². The van der Waals surface area contributed by atoms with Gasteiger partial charge in [-0.2, -0.15) is 11.3 Å². The van der Waals surface area contributed by atoms with Gasteiger partial charge in [0.15, 0.2) is 0 Å². The standard InChI is InChI=1S/C14H16ClNS/c1-10-8-17-9-13(10)14(16-2)7-11-3-5-12(15)6-4-11/h3-6,8-9,14,16H,7H2,1-2H3. The second-order valence-corrected chi connectivity index (χ2v) is 5.36. The lowest BCUT2D eigenvalue weighted by atomic mass is 9.99. The Bertz CT molecular complexity index is 475. The van der Waals surface area contributed by atoms with Gasteiger partial charge >= 0.3 is 0 Å². The molecule has 0 saturated carbocycles. The molecule has 0 bridgehead atoms. The average Bonchev–Trinajstić information content (AvgIpc) is 2.75. The van der Waals surface area contributed by atoms with E-state index in [1.54, 1.807) is 11.3 Å². The van der Waals surface area contributed by atoms with Crippen LogP contribution in [0.4, 0.5) is 0 Å². The summed E-state index contributed by atoms with van der Waals surface area (Å²) in [5.74, 6) is 0. The number of aryl methyl sites for hydroxylation is 1. The molecule has 0 amide bonds. The van der Waals surface area contributed by atoms with Crippen LogP contribution in [-0.4, -0.2) is 7.05 Å². The number of rotatable bonds is 4. The van der Waals surface area contributed by atoms with Crippen molar-refractivity contribution in [2.45, 2.75) is 19.4 Å². The molecule has 3 heteroatoms. The predicted octanol–water partition coefficient (Wildman–Crippen LogP) is 4.21. The normalized spacial score (nSPS) is 12.6. The molecule has 2 rings (SSSR count). The lowest BCUT2D eigenvalue weighted by Crippen LogP contribution is -2.18. The van der Waals surface area contributed by atoms with Gasteiger partial charge in [0, 0.05) is 11.1 Å². The molecular formula is C14H16ClNS. The lowest BCUT2D eigenvalue weighted by Gasteiger charge is -2.16. The molecule has 17 heavy (non-hydrogen) atoms. The van der Waals surface area contributed by atoms with E-state index in [0.717, 1.165) is 11.4 Å². The minimum absolute atomic E-state index is 0.377. The molecule has 1 heterocycles. The Morgan fingerprint density at radius 2 is 1.94 bits per heavy atom. The zero-order valence-corrected chi connectivity index (χ0v) is 11.6. The molecule has 1 N–H and O–H groups in total. The number of halogens is 1. The average molecular weight is 266 g/mol. The monoisotopic (exact) mass is 265 g/mol. The fourth-order valence-electron chi connectivity index (χ4n) is 1.95. The van der Waals surface area contributed by atoms with Gasteiger partial charge in [0.25, 0.3) is 0 Å². The quantitative estimate of drug-likeness (QED) is 0.873. The summed E-state index contributed by atoms with van der Waals surface area (Å²) in [7, 11) is 2.01. The lowest BCUT2D eigenvalue weighted by molar-refractivity contribution is 0.591. The summed E-state index contributed by atoms with van der Waals surface area (Å²) in [6, 6.07) is 8.46. The Hall–Kier alpha value is -0.830. The second-order valence-electron chi connectivity index (χ2n) is 4.18. The molecule has 1 aromatic carbocycles. The summed E-state index contributed by atoms with van der Waals surface area (Å²) < 4.78 is 0.